The second-order valence-corrected chi connectivity index (χ2v) is 9.95. The van der Waals surface area contributed by atoms with Crippen LogP contribution in [-0.2, 0) is 21.3 Å². The number of piperidine rings is 1. The molecule has 1 N–H and O–H groups in total. The van der Waals surface area contributed by atoms with E-state index in [1.165, 1.54) is 6.07 Å². The van der Waals surface area contributed by atoms with Crippen molar-refractivity contribution in [2.24, 2.45) is 0 Å². The van der Waals surface area contributed by atoms with Crippen LogP contribution in [0.2, 0.25) is 0 Å². The number of morpholine rings is 1. The molecule has 4 rings (SSSR count). The number of anilines is 2. The molecule has 0 bridgehead atoms. The zero-order valence-corrected chi connectivity index (χ0v) is 18.7. The minimum atomic E-state index is -3.59. The quantitative estimate of drug-likeness (QED) is 0.715. The van der Waals surface area contributed by atoms with Crippen LogP contribution < -0.4 is 10.2 Å². The average molecular weight is 459 g/mol. The summed E-state index contributed by atoms with van der Waals surface area (Å²) < 4.78 is 47.8. The van der Waals surface area contributed by atoms with Gasteiger partial charge in [-0.25, -0.2) is 12.8 Å². The Morgan fingerprint density at radius 1 is 1.03 bits per heavy atom. The minimum Gasteiger partial charge on any atom is -0.379 e. The highest BCUT2D eigenvalue weighted by molar-refractivity contribution is 7.89. The number of nitrogens with zero attached hydrogens (tertiary/aromatic N) is 3. The Labute approximate surface area is 188 Å². The van der Waals surface area contributed by atoms with E-state index < -0.39 is 15.8 Å². The molecule has 32 heavy (non-hydrogen) atoms. The van der Waals surface area contributed by atoms with Gasteiger partial charge in [-0.1, -0.05) is 12.5 Å². The van der Waals surface area contributed by atoms with Crippen molar-refractivity contribution in [1.29, 1.82) is 5.26 Å². The highest BCUT2D eigenvalue weighted by atomic mass is 32.2. The van der Waals surface area contributed by atoms with Gasteiger partial charge in [0.15, 0.2) is 0 Å². The molecule has 2 saturated heterocycles. The third-order valence-electron chi connectivity index (χ3n) is 5.92. The van der Waals surface area contributed by atoms with Crippen molar-refractivity contribution in [3.63, 3.8) is 0 Å². The number of halogens is 1. The highest BCUT2D eigenvalue weighted by Gasteiger charge is 2.27. The number of rotatable bonds is 6. The molecule has 0 amide bonds. The number of benzene rings is 2. The average Bonchev–Trinajstić information content (AvgIpc) is 2.84. The monoisotopic (exact) mass is 458 g/mol. The van der Waals surface area contributed by atoms with Crippen molar-refractivity contribution in [1.82, 2.24) is 4.31 Å². The molecule has 2 aromatic carbocycles. The van der Waals surface area contributed by atoms with Crippen LogP contribution in [0.15, 0.2) is 41.3 Å². The summed E-state index contributed by atoms with van der Waals surface area (Å²) in [5.41, 5.74) is 2.16. The van der Waals surface area contributed by atoms with Gasteiger partial charge in [0.25, 0.3) is 0 Å². The van der Waals surface area contributed by atoms with Crippen molar-refractivity contribution in [2.45, 2.75) is 30.7 Å². The topological polar surface area (TPSA) is 85.7 Å². The Balaban J connectivity index is 1.64. The lowest BCUT2D eigenvalue weighted by molar-refractivity contribution is 0.123. The Morgan fingerprint density at radius 3 is 2.47 bits per heavy atom. The molecule has 7 nitrogen and oxygen atoms in total. The third-order valence-corrected chi connectivity index (χ3v) is 7.82. The van der Waals surface area contributed by atoms with Crippen molar-refractivity contribution in [3.05, 3.63) is 53.3 Å². The molecule has 9 heteroatoms. The van der Waals surface area contributed by atoms with Gasteiger partial charge in [0.2, 0.25) is 10.0 Å². The summed E-state index contributed by atoms with van der Waals surface area (Å²) in [6, 6.07) is 11.4. The molecular formula is C23H27FN4O3S. The zero-order chi connectivity index (χ0) is 22.6. The van der Waals surface area contributed by atoms with E-state index in [4.69, 9.17) is 10.00 Å². The number of nitriles is 1. The number of nitrogens with one attached hydrogen (secondary N) is 1. The first-order valence-corrected chi connectivity index (χ1v) is 12.3. The normalized spacial score (nSPS) is 17.7. The van der Waals surface area contributed by atoms with Crippen molar-refractivity contribution in [3.8, 4) is 6.07 Å². The molecule has 0 atom stereocenters. The molecule has 0 aliphatic carbocycles. The predicted molar refractivity (Wildman–Crippen MR) is 121 cm³/mol. The van der Waals surface area contributed by atoms with Crippen molar-refractivity contribution >= 4 is 21.4 Å². The molecule has 170 valence electrons. The van der Waals surface area contributed by atoms with E-state index in [1.807, 2.05) is 12.1 Å². The fraction of sp³-hybridized carbons (Fsp3) is 0.435. The maximum Gasteiger partial charge on any atom is 0.243 e. The predicted octanol–water partition coefficient (Wildman–Crippen LogP) is 3.32. The molecule has 0 spiro atoms. The number of hydrogen-bond acceptors (Lipinski definition) is 6. The van der Waals surface area contributed by atoms with E-state index in [-0.39, 0.29) is 17.0 Å². The molecule has 2 heterocycles. The molecule has 0 saturated carbocycles. The van der Waals surface area contributed by atoms with Gasteiger partial charge in [0, 0.05) is 38.3 Å². The lowest BCUT2D eigenvalue weighted by atomic mass is 10.1. The first-order valence-electron chi connectivity index (χ1n) is 10.9. The standard InChI is InChI=1S/C23H27FN4O3S/c24-21-14-18(16-25)4-5-19(21)17-26-22-15-20(32(29,30)28-8-2-1-3-9-28)6-7-23(22)27-10-12-31-13-11-27/h4-7,14-15,26H,1-3,8-13,17H2. The Bertz CT molecular complexity index is 1100. The fourth-order valence-electron chi connectivity index (χ4n) is 4.10. The molecule has 2 aliphatic rings. The van der Waals surface area contributed by atoms with Crippen LogP contribution >= 0.6 is 0 Å². The van der Waals surface area contributed by atoms with Gasteiger partial charge in [-0.15, -0.1) is 0 Å². The Kier molecular flexibility index (Phi) is 6.94. The summed E-state index contributed by atoms with van der Waals surface area (Å²) in [7, 11) is -3.59. The lowest BCUT2D eigenvalue weighted by Crippen LogP contribution is -2.37. The van der Waals surface area contributed by atoms with Gasteiger partial charge in [0.05, 0.1) is 41.1 Å². The molecular weight excluding hydrogens is 431 g/mol. The maximum absolute atomic E-state index is 14.4. The van der Waals surface area contributed by atoms with Crippen LogP contribution in [0.25, 0.3) is 0 Å². The van der Waals surface area contributed by atoms with Crippen molar-refractivity contribution < 1.29 is 17.5 Å². The van der Waals surface area contributed by atoms with Gasteiger partial charge in [-0.3, -0.25) is 0 Å². The smallest absolute Gasteiger partial charge is 0.243 e. The molecule has 0 unspecified atom stereocenters. The SMILES string of the molecule is N#Cc1ccc(CNc2cc(S(=O)(=O)N3CCCCC3)ccc2N2CCOCC2)c(F)c1. The Morgan fingerprint density at radius 2 is 1.78 bits per heavy atom. The van der Waals surface area contributed by atoms with E-state index in [9.17, 15) is 12.8 Å². The second kappa shape index (κ2) is 9.86. The van der Waals surface area contributed by atoms with Gasteiger partial charge < -0.3 is 15.0 Å². The second-order valence-electron chi connectivity index (χ2n) is 8.01. The van der Waals surface area contributed by atoms with Crippen molar-refractivity contribution in [2.75, 3.05) is 49.6 Å². The first kappa shape index (κ1) is 22.5. The Hall–Kier alpha value is -2.67. The lowest BCUT2D eigenvalue weighted by Gasteiger charge is -2.31. The van der Waals surface area contributed by atoms with E-state index in [0.29, 0.717) is 50.6 Å². The van der Waals surface area contributed by atoms with E-state index in [2.05, 4.69) is 10.2 Å². The molecule has 2 aromatic rings. The molecule has 0 radical (unpaired) electrons. The van der Waals surface area contributed by atoms with Crippen LogP contribution in [0, 0.1) is 17.1 Å². The largest absolute Gasteiger partial charge is 0.379 e. The number of sulfonamides is 1. The summed E-state index contributed by atoms with van der Waals surface area (Å²) >= 11 is 0. The zero-order valence-electron chi connectivity index (χ0n) is 17.9. The van der Waals surface area contributed by atoms with Crippen LogP contribution in [-0.4, -0.2) is 52.1 Å². The van der Waals surface area contributed by atoms with E-state index >= 15 is 0 Å². The molecule has 0 aromatic heterocycles. The van der Waals surface area contributed by atoms with Gasteiger partial charge in [-0.05, 0) is 43.2 Å². The summed E-state index contributed by atoms with van der Waals surface area (Å²) in [5.74, 6) is -0.471. The molecule has 2 aliphatic heterocycles. The van der Waals surface area contributed by atoms with Gasteiger partial charge in [0.1, 0.15) is 5.82 Å². The highest BCUT2D eigenvalue weighted by Crippen LogP contribution is 2.32. The number of hydrogen-bond donors (Lipinski definition) is 1. The van der Waals surface area contributed by atoms with Crippen LogP contribution in [0.4, 0.5) is 15.8 Å². The van der Waals surface area contributed by atoms with Crippen LogP contribution in [0.3, 0.4) is 0 Å². The van der Waals surface area contributed by atoms with Gasteiger partial charge in [-0.2, -0.15) is 9.57 Å². The fourth-order valence-corrected chi connectivity index (χ4v) is 5.65. The molecule has 2 fully saturated rings. The summed E-state index contributed by atoms with van der Waals surface area (Å²) in [6.45, 7) is 3.81. The maximum atomic E-state index is 14.4. The van der Waals surface area contributed by atoms with Crippen LogP contribution in [0.1, 0.15) is 30.4 Å². The minimum absolute atomic E-state index is 0.169. The van der Waals surface area contributed by atoms with Crippen LogP contribution in [0.5, 0.6) is 0 Å². The summed E-state index contributed by atoms with van der Waals surface area (Å²) in [4.78, 5) is 2.37. The third kappa shape index (κ3) is 4.88. The van der Waals surface area contributed by atoms with E-state index in [0.717, 1.165) is 24.9 Å². The summed E-state index contributed by atoms with van der Waals surface area (Å²) in [5, 5.41) is 12.2. The van der Waals surface area contributed by atoms with Gasteiger partial charge >= 0.3 is 0 Å². The first-order chi connectivity index (χ1) is 15.5. The summed E-state index contributed by atoms with van der Waals surface area (Å²) in [6.07, 6.45) is 2.79. The number of ether oxygens (including phenoxy) is 1. The van der Waals surface area contributed by atoms with E-state index in [1.54, 1.807) is 28.6 Å².